The molecule has 1 amide bonds. The summed E-state index contributed by atoms with van der Waals surface area (Å²) in [6.45, 7) is 6.25. The molecule has 2 aromatic rings. The average Bonchev–Trinajstić information content (AvgIpc) is 3.54. The number of cyclic esters (lactones) is 1. The summed E-state index contributed by atoms with van der Waals surface area (Å²) in [6, 6.07) is -0.0699. The number of hydrogen-bond acceptors (Lipinski definition) is 14. The standard InChI is InChI=1S/C34H39N5O9S/c1-13-7-17-8-19-20(9-35)39-21-10-45-34(43)18(37-33(42)15(3)36)11-49-32(26(39)25(38(19)5)22(17)27(41)28(13)44-6)24-23(21)31-30(46-12-47-31)14(2)29(24)48-16(4)40/h7,15,18-21,25-26,32,41H,8,10-12,36H2,1-6H3,(H,37,42)/t15?,18?,19-,20-,21-,25+,26?,32+/m0/s1. The van der Waals surface area contributed by atoms with Crippen molar-refractivity contribution in [3.8, 4) is 34.8 Å². The maximum absolute atomic E-state index is 13.6. The Hall–Kier alpha value is -4.23. The van der Waals surface area contributed by atoms with E-state index in [1.165, 1.54) is 32.7 Å². The number of esters is 2. The van der Waals surface area contributed by atoms with E-state index in [0.717, 1.165) is 11.1 Å². The van der Waals surface area contributed by atoms with Gasteiger partial charge in [-0.2, -0.15) is 5.26 Å². The normalized spacial score (nSPS) is 29.0. The summed E-state index contributed by atoms with van der Waals surface area (Å²) in [7, 11) is 3.47. The van der Waals surface area contributed by atoms with Crippen molar-refractivity contribution in [2.45, 2.75) is 81.7 Å². The van der Waals surface area contributed by atoms with E-state index >= 15 is 0 Å². The lowest BCUT2D eigenvalue weighted by Gasteiger charge is -2.61. The van der Waals surface area contributed by atoms with Crippen molar-refractivity contribution in [2.75, 3.05) is 33.3 Å². The Morgan fingerprint density at radius 1 is 1.18 bits per heavy atom. The van der Waals surface area contributed by atoms with Crippen LogP contribution in [0.5, 0.6) is 28.7 Å². The molecule has 8 atom stereocenters. The number of methoxy groups -OCH3 is 1. The number of phenolic OH excluding ortho intramolecular Hbond substituents is 1. The predicted molar refractivity (Wildman–Crippen MR) is 176 cm³/mol. The zero-order valence-corrected chi connectivity index (χ0v) is 28.9. The molecule has 4 N–H and O–H groups in total. The van der Waals surface area contributed by atoms with Crippen molar-refractivity contribution in [3.05, 3.63) is 39.4 Å². The number of piperazine rings is 1. The lowest BCUT2D eigenvalue weighted by Crippen LogP contribution is -2.69. The first-order chi connectivity index (χ1) is 23.4. The van der Waals surface area contributed by atoms with Crippen molar-refractivity contribution in [1.29, 1.82) is 5.26 Å². The molecule has 0 aromatic heterocycles. The molecule has 49 heavy (non-hydrogen) atoms. The zero-order valence-electron chi connectivity index (χ0n) is 28.1. The molecule has 5 aliphatic heterocycles. The summed E-state index contributed by atoms with van der Waals surface area (Å²) < 4.78 is 29.7. The van der Waals surface area contributed by atoms with Crippen LogP contribution in [0.2, 0.25) is 0 Å². The Morgan fingerprint density at radius 3 is 2.59 bits per heavy atom. The molecule has 2 saturated heterocycles. The number of benzene rings is 2. The Balaban J connectivity index is 1.52. The maximum atomic E-state index is 13.6. The van der Waals surface area contributed by atoms with E-state index in [2.05, 4.69) is 21.2 Å². The van der Waals surface area contributed by atoms with E-state index in [0.29, 0.717) is 51.7 Å². The molecule has 3 unspecified atom stereocenters. The van der Waals surface area contributed by atoms with Gasteiger partial charge in [-0.3, -0.25) is 19.4 Å². The highest BCUT2D eigenvalue weighted by Gasteiger charge is 2.60. The molecule has 2 fully saturated rings. The number of hydrogen-bond donors (Lipinski definition) is 3. The molecule has 15 heteroatoms. The number of amides is 1. The largest absolute Gasteiger partial charge is 0.504 e. The molecular formula is C34H39N5O9S. The van der Waals surface area contributed by atoms with E-state index in [1.807, 2.05) is 20.0 Å². The number of fused-ring (bicyclic) bond motifs is 9. The lowest BCUT2D eigenvalue weighted by molar-refractivity contribution is -0.152. The van der Waals surface area contributed by atoms with E-state index in [4.69, 9.17) is 29.4 Å². The van der Waals surface area contributed by atoms with E-state index in [9.17, 15) is 24.8 Å². The Kier molecular flexibility index (Phi) is 8.33. The smallest absolute Gasteiger partial charge is 0.329 e. The number of aryl methyl sites for hydroxylation is 1. The van der Waals surface area contributed by atoms with Crippen LogP contribution in [0.25, 0.3) is 0 Å². The number of carbonyl (C=O) groups is 3. The fraction of sp³-hybridized carbons (Fsp3) is 0.529. The van der Waals surface area contributed by atoms with Gasteiger partial charge in [0.2, 0.25) is 12.7 Å². The van der Waals surface area contributed by atoms with Crippen molar-refractivity contribution in [2.24, 2.45) is 5.73 Å². The first kappa shape index (κ1) is 33.3. The number of nitrogens with two attached hydrogens (primary N) is 1. The third kappa shape index (κ3) is 4.99. The molecule has 14 nitrogen and oxygen atoms in total. The van der Waals surface area contributed by atoms with Crippen LogP contribution < -0.4 is 30.0 Å². The van der Waals surface area contributed by atoms with Gasteiger partial charge in [0.1, 0.15) is 24.4 Å². The summed E-state index contributed by atoms with van der Waals surface area (Å²) in [5.74, 6) is -0.0698. The Bertz CT molecular complexity index is 1810. The molecule has 4 bridgehead atoms. The number of nitrogens with one attached hydrogen (secondary N) is 1. The predicted octanol–water partition coefficient (Wildman–Crippen LogP) is 2.06. The molecule has 0 aliphatic carbocycles. The summed E-state index contributed by atoms with van der Waals surface area (Å²) in [5, 5.41) is 24.9. The second-order valence-electron chi connectivity index (χ2n) is 13.2. The van der Waals surface area contributed by atoms with Gasteiger partial charge in [0.15, 0.2) is 23.0 Å². The molecule has 7 rings (SSSR count). The number of phenols is 1. The third-order valence-corrected chi connectivity index (χ3v) is 11.8. The number of likely N-dealkylation sites (N-methyl/N-ethyl adjacent to an activating group) is 1. The zero-order chi connectivity index (χ0) is 35.0. The van der Waals surface area contributed by atoms with Crippen LogP contribution in [-0.4, -0.2) is 96.3 Å². The SMILES string of the molecule is COc1c(C)cc2c(c1O)[C@@H]1C3[C@@H]4SCC(NC(=O)C(C)N)C(=O)OC[C@@H](c5c6c(c(C)c(OC(C)=O)c54)OCO6)N3[C@@H](C#N)[C@H](C2)N1C. The third-order valence-electron chi connectivity index (χ3n) is 10.4. The van der Waals surface area contributed by atoms with E-state index < -0.39 is 59.3 Å². The first-order valence-corrected chi connectivity index (χ1v) is 17.2. The van der Waals surface area contributed by atoms with Crippen LogP contribution in [0.4, 0.5) is 0 Å². The van der Waals surface area contributed by atoms with Gasteiger partial charge in [-0.1, -0.05) is 6.07 Å². The molecular weight excluding hydrogens is 654 g/mol. The first-order valence-electron chi connectivity index (χ1n) is 16.2. The molecule has 5 aliphatic rings. The minimum atomic E-state index is -1.04. The van der Waals surface area contributed by atoms with Gasteiger partial charge in [-0.25, -0.2) is 4.79 Å². The Morgan fingerprint density at radius 2 is 1.92 bits per heavy atom. The fourth-order valence-corrected chi connectivity index (χ4v) is 9.88. The number of nitriles is 1. The van der Waals surface area contributed by atoms with Crippen molar-refractivity contribution >= 4 is 29.6 Å². The quantitative estimate of drug-likeness (QED) is 0.312. The number of nitrogens with zero attached hydrogens (tertiary/aromatic N) is 3. The van der Waals surface area contributed by atoms with Crippen LogP contribution in [0.15, 0.2) is 6.07 Å². The van der Waals surface area contributed by atoms with Gasteiger partial charge in [-0.15, -0.1) is 11.8 Å². The van der Waals surface area contributed by atoms with E-state index in [1.54, 1.807) is 6.92 Å². The number of aromatic hydroxyl groups is 1. The lowest BCUT2D eigenvalue weighted by atomic mass is 9.71. The maximum Gasteiger partial charge on any atom is 0.329 e. The van der Waals surface area contributed by atoms with Gasteiger partial charge in [0.05, 0.1) is 36.6 Å². The van der Waals surface area contributed by atoms with E-state index in [-0.39, 0.29) is 30.9 Å². The highest BCUT2D eigenvalue weighted by molar-refractivity contribution is 7.99. The molecule has 0 saturated carbocycles. The summed E-state index contributed by atoms with van der Waals surface area (Å²) >= 11 is 1.37. The van der Waals surface area contributed by atoms with Crippen LogP contribution in [0, 0.1) is 25.2 Å². The summed E-state index contributed by atoms with van der Waals surface area (Å²) in [6.07, 6.45) is 0.481. The number of carbonyl (C=O) groups excluding carboxylic acids is 3. The van der Waals surface area contributed by atoms with Crippen LogP contribution in [0.3, 0.4) is 0 Å². The van der Waals surface area contributed by atoms with Crippen molar-refractivity contribution < 1.29 is 43.2 Å². The number of thioether (sulfide) groups is 1. The molecule has 260 valence electrons. The van der Waals surface area contributed by atoms with Gasteiger partial charge in [0, 0.05) is 47.0 Å². The van der Waals surface area contributed by atoms with Crippen LogP contribution >= 0.6 is 11.8 Å². The van der Waals surface area contributed by atoms with Gasteiger partial charge < -0.3 is 39.8 Å². The number of ether oxygens (including phenoxy) is 5. The molecule has 0 spiro atoms. The average molecular weight is 694 g/mol. The molecule has 0 radical (unpaired) electrons. The number of rotatable bonds is 4. The van der Waals surface area contributed by atoms with Crippen molar-refractivity contribution in [1.82, 2.24) is 15.1 Å². The minimum absolute atomic E-state index is 0.0249. The van der Waals surface area contributed by atoms with Crippen LogP contribution in [-0.2, 0) is 25.5 Å². The second-order valence-corrected chi connectivity index (χ2v) is 14.4. The van der Waals surface area contributed by atoms with Crippen molar-refractivity contribution in [3.63, 3.8) is 0 Å². The summed E-state index contributed by atoms with van der Waals surface area (Å²) in [4.78, 5) is 43.3. The molecule has 2 aromatic carbocycles. The Labute approximate surface area is 287 Å². The van der Waals surface area contributed by atoms with Crippen LogP contribution in [0.1, 0.15) is 64.6 Å². The molecule has 5 heterocycles. The topological polar surface area (TPSA) is 186 Å². The minimum Gasteiger partial charge on any atom is -0.504 e. The highest BCUT2D eigenvalue weighted by Crippen LogP contribution is 2.64. The monoisotopic (exact) mass is 693 g/mol. The van der Waals surface area contributed by atoms with Gasteiger partial charge in [0.25, 0.3) is 0 Å². The highest BCUT2D eigenvalue weighted by atomic mass is 32.2. The van der Waals surface area contributed by atoms with Gasteiger partial charge in [-0.05, 0) is 45.4 Å². The summed E-state index contributed by atoms with van der Waals surface area (Å²) in [5.41, 5.74) is 10.1. The second kappa shape index (κ2) is 12.3. The van der Waals surface area contributed by atoms with Gasteiger partial charge >= 0.3 is 11.9 Å². The fourth-order valence-electron chi connectivity index (χ4n) is 8.37.